The molecule has 2 aromatic carbocycles. The average Bonchev–Trinajstić information content (AvgIpc) is 2.55. The van der Waals surface area contributed by atoms with Crippen molar-refractivity contribution in [3.05, 3.63) is 76.2 Å². The smallest absolute Gasteiger partial charge is 0.295 e. The van der Waals surface area contributed by atoms with Crippen molar-refractivity contribution in [1.82, 2.24) is 15.4 Å². The molecule has 6 nitrogen and oxygen atoms in total. The minimum absolute atomic E-state index is 0.219. The van der Waals surface area contributed by atoms with Gasteiger partial charge in [0.2, 0.25) is 0 Å². The fourth-order valence-electron chi connectivity index (χ4n) is 1.94. The summed E-state index contributed by atoms with van der Waals surface area (Å²) < 4.78 is 0. The van der Waals surface area contributed by atoms with Gasteiger partial charge in [-0.2, -0.15) is 5.10 Å². The molecule has 0 radical (unpaired) electrons. The Morgan fingerprint density at radius 1 is 1.09 bits per heavy atom. The van der Waals surface area contributed by atoms with Gasteiger partial charge in [0.05, 0.1) is 17.2 Å². The van der Waals surface area contributed by atoms with Crippen molar-refractivity contribution in [2.45, 2.75) is 0 Å². The number of rotatable bonds is 3. The summed E-state index contributed by atoms with van der Waals surface area (Å²) in [5, 5.41) is 3.82. The van der Waals surface area contributed by atoms with Crippen molar-refractivity contribution in [3.63, 3.8) is 0 Å². The molecule has 0 spiro atoms. The van der Waals surface area contributed by atoms with Crippen molar-refractivity contribution in [3.8, 4) is 0 Å². The summed E-state index contributed by atoms with van der Waals surface area (Å²) >= 11 is 0. The first kappa shape index (κ1) is 13.7. The van der Waals surface area contributed by atoms with Gasteiger partial charge in [-0.3, -0.25) is 9.59 Å². The Morgan fingerprint density at radius 3 is 2.64 bits per heavy atom. The molecule has 0 atom stereocenters. The lowest BCUT2D eigenvalue weighted by molar-refractivity contribution is 0.0949. The number of carbonyl (C=O) groups is 1. The summed E-state index contributed by atoms with van der Waals surface area (Å²) in [6.07, 6.45) is 1.49. The Kier molecular flexibility index (Phi) is 3.74. The summed E-state index contributed by atoms with van der Waals surface area (Å²) in [6, 6.07) is 16.3. The van der Waals surface area contributed by atoms with Crippen LogP contribution in [0.25, 0.3) is 11.0 Å². The van der Waals surface area contributed by atoms with Crippen LogP contribution in [0.3, 0.4) is 0 Å². The van der Waals surface area contributed by atoms with Gasteiger partial charge in [0.15, 0.2) is 5.69 Å². The zero-order valence-corrected chi connectivity index (χ0v) is 11.5. The van der Waals surface area contributed by atoms with Crippen molar-refractivity contribution >= 4 is 23.2 Å². The van der Waals surface area contributed by atoms with Crippen LogP contribution in [-0.2, 0) is 0 Å². The van der Waals surface area contributed by atoms with Crippen LogP contribution in [0.15, 0.2) is 64.5 Å². The highest BCUT2D eigenvalue weighted by molar-refractivity contribution is 5.94. The number of para-hydroxylation sites is 2. The molecule has 1 amide bonds. The number of amides is 1. The highest BCUT2D eigenvalue weighted by Gasteiger charge is 2.12. The van der Waals surface area contributed by atoms with E-state index in [0.29, 0.717) is 11.0 Å². The van der Waals surface area contributed by atoms with Crippen LogP contribution in [0.1, 0.15) is 16.1 Å². The van der Waals surface area contributed by atoms with Gasteiger partial charge in [0.1, 0.15) is 0 Å². The van der Waals surface area contributed by atoms with Crippen LogP contribution >= 0.6 is 0 Å². The van der Waals surface area contributed by atoms with Crippen molar-refractivity contribution in [2.24, 2.45) is 5.10 Å². The molecule has 0 aliphatic heterocycles. The maximum atomic E-state index is 12.0. The SMILES string of the molecule is O=C(N/N=C\c1ccccc1)c1nc2ccccc2[nH]c1=O. The molecule has 1 heterocycles. The number of benzene rings is 2. The molecule has 6 heteroatoms. The van der Waals surface area contributed by atoms with E-state index in [4.69, 9.17) is 0 Å². The molecule has 3 rings (SSSR count). The van der Waals surface area contributed by atoms with E-state index in [-0.39, 0.29) is 5.69 Å². The highest BCUT2D eigenvalue weighted by atomic mass is 16.2. The normalized spacial score (nSPS) is 10.9. The van der Waals surface area contributed by atoms with Gasteiger partial charge in [0, 0.05) is 0 Å². The second kappa shape index (κ2) is 6.01. The molecule has 1 aromatic heterocycles. The van der Waals surface area contributed by atoms with E-state index in [2.05, 4.69) is 20.5 Å². The minimum atomic E-state index is -0.654. The van der Waals surface area contributed by atoms with E-state index in [0.717, 1.165) is 5.56 Å². The van der Waals surface area contributed by atoms with Gasteiger partial charge in [-0.15, -0.1) is 0 Å². The third-order valence-corrected chi connectivity index (χ3v) is 2.99. The Labute approximate surface area is 125 Å². The number of H-pyrrole nitrogens is 1. The molecule has 108 valence electrons. The first-order chi connectivity index (χ1) is 10.7. The molecule has 0 bridgehead atoms. The Bertz CT molecular complexity index is 901. The fourth-order valence-corrected chi connectivity index (χ4v) is 1.94. The van der Waals surface area contributed by atoms with Crippen LogP contribution in [0, 0.1) is 0 Å². The Hall–Kier alpha value is -3.28. The quantitative estimate of drug-likeness (QED) is 0.569. The number of nitrogens with one attached hydrogen (secondary N) is 2. The highest BCUT2D eigenvalue weighted by Crippen LogP contribution is 2.05. The van der Waals surface area contributed by atoms with Crippen LogP contribution in [0.4, 0.5) is 0 Å². The summed E-state index contributed by atoms with van der Waals surface area (Å²) in [7, 11) is 0. The van der Waals surface area contributed by atoms with Gasteiger partial charge in [0.25, 0.3) is 11.5 Å². The number of aromatic amines is 1. The number of aromatic nitrogens is 2. The van der Waals surface area contributed by atoms with Gasteiger partial charge in [-0.05, 0) is 17.7 Å². The molecule has 3 aromatic rings. The summed E-state index contributed by atoms with van der Waals surface area (Å²) in [4.78, 5) is 30.6. The topological polar surface area (TPSA) is 87.2 Å². The zero-order chi connectivity index (χ0) is 15.4. The number of fused-ring (bicyclic) bond motifs is 1. The van der Waals surface area contributed by atoms with E-state index < -0.39 is 11.5 Å². The standard InChI is InChI=1S/C16H12N4O2/c21-15-14(18-12-8-4-5-9-13(12)19-15)16(22)20-17-10-11-6-2-1-3-7-11/h1-10H,(H,19,21)(H,20,22)/b17-10-. The largest absolute Gasteiger partial charge is 0.319 e. The van der Waals surface area contributed by atoms with Gasteiger partial charge < -0.3 is 4.98 Å². The third kappa shape index (κ3) is 2.90. The molecular weight excluding hydrogens is 280 g/mol. The Morgan fingerprint density at radius 2 is 1.82 bits per heavy atom. The molecule has 0 saturated carbocycles. The van der Waals surface area contributed by atoms with Gasteiger partial charge >= 0.3 is 0 Å². The molecule has 2 N–H and O–H groups in total. The molecular formula is C16H12N4O2. The summed E-state index contributed by atoms with van der Waals surface area (Å²) in [6.45, 7) is 0. The maximum Gasteiger partial charge on any atom is 0.295 e. The summed E-state index contributed by atoms with van der Waals surface area (Å²) in [5.41, 5.74) is 3.49. The lowest BCUT2D eigenvalue weighted by Gasteiger charge is -2.01. The minimum Gasteiger partial charge on any atom is -0.319 e. The number of nitrogens with zero attached hydrogens (tertiary/aromatic N) is 2. The number of carbonyl (C=O) groups excluding carboxylic acids is 1. The maximum absolute atomic E-state index is 12.0. The second-order valence-electron chi connectivity index (χ2n) is 4.54. The van der Waals surface area contributed by atoms with E-state index in [1.165, 1.54) is 6.21 Å². The number of hydrogen-bond donors (Lipinski definition) is 2. The fraction of sp³-hybridized carbons (Fsp3) is 0. The van der Waals surface area contributed by atoms with Crippen molar-refractivity contribution < 1.29 is 4.79 Å². The predicted octanol–water partition coefficient (Wildman–Crippen LogP) is 1.69. The third-order valence-electron chi connectivity index (χ3n) is 2.99. The first-order valence-corrected chi connectivity index (χ1v) is 6.61. The predicted molar refractivity (Wildman–Crippen MR) is 83.9 cm³/mol. The van der Waals surface area contributed by atoms with Crippen molar-refractivity contribution in [1.29, 1.82) is 0 Å². The lowest BCUT2D eigenvalue weighted by Crippen LogP contribution is -2.28. The molecule has 0 unspecified atom stereocenters. The molecule has 0 aliphatic rings. The molecule has 0 aliphatic carbocycles. The lowest BCUT2D eigenvalue weighted by atomic mass is 10.2. The molecule has 0 fully saturated rings. The first-order valence-electron chi connectivity index (χ1n) is 6.61. The zero-order valence-electron chi connectivity index (χ0n) is 11.5. The average molecular weight is 292 g/mol. The second-order valence-corrected chi connectivity index (χ2v) is 4.54. The molecule has 22 heavy (non-hydrogen) atoms. The van der Waals surface area contributed by atoms with Crippen LogP contribution < -0.4 is 11.0 Å². The van der Waals surface area contributed by atoms with Gasteiger partial charge in [-0.1, -0.05) is 42.5 Å². The van der Waals surface area contributed by atoms with E-state index in [1.54, 1.807) is 24.3 Å². The van der Waals surface area contributed by atoms with Crippen LogP contribution in [-0.4, -0.2) is 22.1 Å². The number of hydrogen-bond acceptors (Lipinski definition) is 4. The van der Waals surface area contributed by atoms with Crippen molar-refractivity contribution in [2.75, 3.05) is 0 Å². The van der Waals surface area contributed by atoms with Crippen LogP contribution in [0.2, 0.25) is 0 Å². The van der Waals surface area contributed by atoms with Gasteiger partial charge in [-0.25, -0.2) is 10.4 Å². The summed E-state index contributed by atoms with van der Waals surface area (Å²) in [5.74, 6) is -0.654. The number of hydrazone groups is 1. The monoisotopic (exact) mass is 292 g/mol. The van der Waals surface area contributed by atoms with E-state index in [9.17, 15) is 9.59 Å². The van der Waals surface area contributed by atoms with E-state index >= 15 is 0 Å². The molecule has 0 saturated heterocycles. The Balaban J connectivity index is 1.82. The van der Waals surface area contributed by atoms with Crippen LogP contribution in [0.5, 0.6) is 0 Å². The van der Waals surface area contributed by atoms with E-state index in [1.807, 2.05) is 30.3 Å².